The Bertz CT molecular complexity index is 877. The van der Waals surface area contributed by atoms with Gasteiger partial charge in [0.25, 0.3) is 0 Å². The van der Waals surface area contributed by atoms with Gasteiger partial charge in [-0.3, -0.25) is 0 Å². The molecule has 1 aliphatic heterocycles. The fraction of sp³-hybridized carbons (Fsp3) is 0.542. The predicted molar refractivity (Wildman–Crippen MR) is 127 cm³/mol. The van der Waals surface area contributed by atoms with Gasteiger partial charge < -0.3 is 24.6 Å². The van der Waals surface area contributed by atoms with Crippen LogP contribution in [0.15, 0.2) is 41.7 Å². The van der Waals surface area contributed by atoms with E-state index in [1.807, 2.05) is 18.2 Å². The maximum Gasteiger partial charge on any atom is 0.225 e. The van der Waals surface area contributed by atoms with E-state index >= 15 is 0 Å². The molecule has 0 atom stereocenters. The van der Waals surface area contributed by atoms with Gasteiger partial charge in [-0.1, -0.05) is 6.07 Å². The van der Waals surface area contributed by atoms with E-state index in [-0.39, 0.29) is 0 Å². The molecule has 0 amide bonds. The Balaban J connectivity index is 1.38. The lowest BCUT2D eigenvalue weighted by Crippen LogP contribution is -2.52. The molecule has 8 nitrogen and oxygen atoms in total. The van der Waals surface area contributed by atoms with E-state index < -0.39 is 0 Å². The van der Waals surface area contributed by atoms with Crippen LogP contribution >= 0.6 is 0 Å². The quantitative estimate of drug-likeness (QED) is 0.526. The van der Waals surface area contributed by atoms with Gasteiger partial charge in [-0.05, 0) is 56.4 Å². The number of guanidine groups is 1. The summed E-state index contributed by atoms with van der Waals surface area (Å²) >= 11 is 0. The lowest BCUT2D eigenvalue weighted by atomic mass is 10.2. The third-order valence-electron chi connectivity index (χ3n) is 5.98. The van der Waals surface area contributed by atoms with Crippen molar-refractivity contribution in [2.75, 3.05) is 44.7 Å². The van der Waals surface area contributed by atoms with Crippen LogP contribution in [0.3, 0.4) is 0 Å². The molecule has 1 aliphatic carbocycles. The Hall–Kier alpha value is -3.03. The van der Waals surface area contributed by atoms with Gasteiger partial charge in [0.15, 0.2) is 17.5 Å². The molecule has 0 bridgehead atoms. The summed E-state index contributed by atoms with van der Waals surface area (Å²) in [6.45, 7) is 7.01. The summed E-state index contributed by atoms with van der Waals surface area (Å²) in [6, 6.07) is 8.00. The highest BCUT2D eigenvalue weighted by molar-refractivity contribution is 5.80. The van der Waals surface area contributed by atoms with E-state index in [2.05, 4.69) is 38.1 Å². The molecule has 1 N–H and O–H groups in total. The number of benzene rings is 1. The first-order valence-electron chi connectivity index (χ1n) is 11.7. The van der Waals surface area contributed by atoms with Crippen LogP contribution < -0.4 is 19.7 Å². The van der Waals surface area contributed by atoms with E-state index in [1.54, 1.807) is 19.5 Å². The SMILES string of the molecule is CCNC(=NCc1ccc(OC2CCCC2)c(OC)c1)N1CCN(c2ncccn2)CC1. The van der Waals surface area contributed by atoms with E-state index in [4.69, 9.17) is 14.5 Å². The molecule has 0 spiro atoms. The number of aromatic nitrogens is 2. The van der Waals surface area contributed by atoms with E-state index in [1.165, 1.54) is 12.8 Å². The van der Waals surface area contributed by atoms with Gasteiger partial charge in [0, 0.05) is 45.1 Å². The highest BCUT2D eigenvalue weighted by Crippen LogP contribution is 2.32. The van der Waals surface area contributed by atoms with Gasteiger partial charge in [0.2, 0.25) is 5.95 Å². The van der Waals surface area contributed by atoms with E-state index in [0.717, 1.165) is 74.5 Å². The van der Waals surface area contributed by atoms with Crippen molar-refractivity contribution in [2.24, 2.45) is 4.99 Å². The lowest BCUT2D eigenvalue weighted by Gasteiger charge is -2.36. The van der Waals surface area contributed by atoms with Crippen molar-refractivity contribution < 1.29 is 9.47 Å². The van der Waals surface area contributed by atoms with Crippen molar-refractivity contribution >= 4 is 11.9 Å². The Morgan fingerprint density at radius 2 is 1.84 bits per heavy atom. The number of anilines is 1. The first-order valence-corrected chi connectivity index (χ1v) is 11.7. The van der Waals surface area contributed by atoms with Crippen LogP contribution in [0.2, 0.25) is 0 Å². The Kier molecular flexibility index (Phi) is 7.64. The molecule has 1 saturated carbocycles. The van der Waals surface area contributed by atoms with Gasteiger partial charge in [-0.2, -0.15) is 0 Å². The molecule has 2 heterocycles. The van der Waals surface area contributed by atoms with Crippen molar-refractivity contribution in [3.05, 3.63) is 42.2 Å². The topological polar surface area (TPSA) is 75.1 Å². The number of methoxy groups -OCH3 is 1. The number of piperazine rings is 1. The van der Waals surface area contributed by atoms with E-state index in [9.17, 15) is 0 Å². The highest BCUT2D eigenvalue weighted by Gasteiger charge is 2.21. The minimum absolute atomic E-state index is 0.313. The molecular formula is C24H34N6O2. The van der Waals surface area contributed by atoms with E-state index in [0.29, 0.717) is 12.6 Å². The largest absolute Gasteiger partial charge is 0.493 e. The molecule has 2 aromatic rings. The summed E-state index contributed by atoms with van der Waals surface area (Å²) in [5.41, 5.74) is 1.10. The van der Waals surface area contributed by atoms with Gasteiger partial charge in [0.1, 0.15) is 0 Å². The molecular weight excluding hydrogens is 404 g/mol. The summed E-state index contributed by atoms with van der Waals surface area (Å²) < 4.78 is 11.8. The molecule has 172 valence electrons. The summed E-state index contributed by atoms with van der Waals surface area (Å²) in [6.07, 6.45) is 8.65. The smallest absolute Gasteiger partial charge is 0.225 e. The molecule has 1 aromatic carbocycles. The van der Waals surface area contributed by atoms with Crippen molar-refractivity contribution in [1.29, 1.82) is 0 Å². The highest BCUT2D eigenvalue weighted by atomic mass is 16.5. The number of hydrogen-bond donors (Lipinski definition) is 1. The molecule has 2 aliphatic rings. The average molecular weight is 439 g/mol. The molecule has 1 aromatic heterocycles. The Labute approximate surface area is 190 Å². The minimum atomic E-state index is 0.313. The molecule has 32 heavy (non-hydrogen) atoms. The number of aliphatic imine (C=N–C) groups is 1. The summed E-state index contributed by atoms with van der Waals surface area (Å²) in [5.74, 6) is 3.34. The monoisotopic (exact) mass is 438 g/mol. The molecule has 0 unspecified atom stereocenters. The summed E-state index contributed by atoms with van der Waals surface area (Å²) in [5, 5.41) is 3.44. The second-order valence-corrected chi connectivity index (χ2v) is 8.20. The number of nitrogens with one attached hydrogen (secondary N) is 1. The summed E-state index contributed by atoms with van der Waals surface area (Å²) in [7, 11) is 1.70. The number of ether oxygens (including phenoxy) is 2. The van der Waals surface area contributed by atoms with Gasteiger partial charge in [-0.25, -0.2) is 15.0 Å². The molecule has 0 radical (unpaired) electrons. The van der Waals surface area contributed by atoms with Gasteiger partial charge in [-0.15, -0.1) is 0 Å². The minimum Gasteiger partial charge on any atom is -0.493 e. The van der Waals surface area contributed by atoms with Crippen molar-refractivity contribution in [3.63, 3.8) is 0 Å². The van der Waals surface area contributed by atoms with Crippen LogP contribution in [0, 0.1) is 0 Å². The fourth-order valence-electron chi connectivity index (χ4n) is 4.26. The molecule has 2 fully saturated rings. The maximum atomic E-state index is 6.16. The average Bonchev–Trinajstić information content (AvgIpc) is 3.36. The molecule has 1 saturated heterocycles. The Morgan fingerprint density at radius 1 is 1.09 bits per heavy atom. The number of nitrogens with zero attached hydrogens (tertiary/aromatic N) is 5. The van der Waals surface area contributed by atoms with Crippen LogP contribution in [-0.2, 0) is 6.54 Å². The van der Waals surface area contributed by atoms with Crippen LogP contribution in [0.4, 0.5) is 5.95 Å². The van der Waals surface area contributed by atoms with Gasteiger partial charge >= 0.3 is 0 Å². The van der Waals surface area contributed by atoms with Gasteiger partial charge in [0.05, 0.1) is 19.8 Å². The van der Waals surface area contributed by atoms with Crippen molar-refractivity contribution in [3.8, 4) is 11.5 Å². The van der Waals surface area contributed by atoms with Crippen LogP contribution in [-0.4, -0.2) is 66.8 Å². The second-order valence-electron chi connectivity index (χ2n) is 8.20. The third kappa shape index (κ3) is 5.60. The second kappa shape index (κ2) is 11.0. The van der Waals surface area contributed by atoms with Crippen LogP contribution in [0.1, 0.15) is 38.2 Å². The summed E-state index contributed by atoms with van der Waals surface area (Å²) in [4.78, 5) is 18.2. The van der Waals surface area contributed by atoms with Crippen LogP contribution in [0.5, 0.6) is 11.5 Å². The lowest BCUT2D eigenvalue weighted by molar-refractivity contribution is 0.200. The zero-order chi connectivity index (χ0) is 22.2. The predicted octanol–water partition coefficient (Wildman–Crippen LogP) is 3.09. The normalized spacial score (nSPS) is 17.5. The number of hydrogen-bond acceptors (Lipinski definition) is 6. The van der Waals surface area contributed by atoms with Crippen molar-refractivity contribution in [2.45, 2.75) is 45.3 Å². The zero-order valence-corrected chi connectivity index (χ0v) is 19.2. The first-order chi connectivity index (χ1) is 15.8. The zero-order valence-electron chi connectivity index (χ0n) is 19.2. The molecule has 8 heteroatoms. The molecule has 4 rings (SSSR count). The standard InChI is InChI=1S/C24H34N6O2/c1-3-25-23(29-13-15-30(16-14-29)24-26-11-6-12-27-24)28-18-19-9-10-21(22(17-19)31-2)32-20-7-4-5-8-20/h6,9-12,17,20H,3-5,7-8,13-16,18H2,1-2H3,(H,25,28). The van der Waals surface area contributed by atoms with Crippen molar-refractivity contribution in [1.82, 2.24) is 20.2 Å². The fourth-order valence-corrected chi connectivity index (χ4v) is 4.26. The third-order valence-corrected chi connectivity index (χ3v) is 5.98. The maximum absolute atomic E-state index is 6.16. The first kappa shape index (κ1) is 22.2. The number of rotatable bonds is 7. The van der Waals surface area contributed by atoms with Crippen LogP contribution in [0.25, 0.3) is 0 Å². The Morgan fingerprint density at radius 3 is 2.53 bits per heavy atom.